The van der Waals surface area contributed by atoms with Gasteiger partial charge in [-0.25, -0.2) is 15.0 Å². The number of aromatic nitrogens is 3. The molecule has 0 saturated carbocycles. The molecule has 0 unspecified atom stereocenters. The molecular weight excluding hydrogens is 1230 g/mol. The van der Waals surface area contributed by atoms with Crippen molar-refractivity contribution >= 4 is 57.2 Å². The summed E-state index contributed by atoms with van der Waals surface area (Å²) in [7, 11) is 0. The molecule has 7 nitrogen and oxygen atoms in total. The van der Waals surface area contributed by atoms with Crippen molar-refractivity contribution in [3.63, 3.8) is 0 Å². The lowest BCUT2D eigenvalue weighted by Crippen LogP contribution is -2.62. The first-order valence-corrected chi connectivity index (χ1v) is 34.3. The van der Waals surface area contributed by atoms with Crippen LogP contribution in [-0.2, 0) is 0 Å². The molecule has 4 aliphatic heterocycles. The van der Waals surface area contributed by atoms with Gasteiger partial charge in [0.1, 0.15) is 0 Å². The Balaban J connectivity index is 0.898. The predicted octanol–water partition coefficient (Wildman–Crippen LogP) is 22.5. The Labute approximate surface area is 585 Å². The lowest BCUT2D eigenvalue weighted by Gasteiger charge is -2.47. The number of ether oxygens (including phenoxy) is 2. The van der Waals surface area contributed by atoms with Gasteiger partial charge in [0.05, 0.1) is 22.7 Å². The molecule has 20 rings (SSSR count). The van der Waals surface area contributed by atoms with E-state index in [1.54, 1.807) is 0 Å². The van der Waals surface area contributed by atoms with Crippen LogP contribution >= 0.6 is 0 Å². The molecule has 0 atom stereocenters. The molecule has 8 heteroatoms. The third-order valence-corrected chi connectivity index (χ3v) is 20.2. The van der Waals surface area contributed by atoms with Crippen LogP contribution in [0.5, 0.6) is 23.0 Å². The van der Waals surface area contributed by atoms with Gasteiger partial charge in [0.25, 0.3) is 6.71 Å². The number of rotatable bonds is 11. The second-order valence-electron chi connectivity index (χ2n) is 26.3. The van der Waals surface area contributed by atoms with E-state index in [0.717, 1.165) is 179 Å². The summed E-state index contributed by atoms with van der Waals surface area (Å²) in [4.78, 5) is 22.2. The van der Waals surface area contributed by atoms with Gasteiger partial charge in [-0.3, -0.25) is 0 Å². The first kappa shape index (κ1) is 57.8. The lowest BCUT2D eigenvalue weighted by molar-refractivity contribution is 0.477. The summed E-state index contributed by atoms with van der Waals surface area (Å²) in [6, 6.07) is 126. The maximum absolute atomic E-state index is 7.46. The van der Waals surface area contributed by atoms with Crippen LogP contribution in [0, 0.1) is 0 Å². The Morgan fingerprint density at radius 2 is 0.446 bits per heavy atom. The molecule has 470 valence electrons. The van der Waals surface area contributed by atoms with Gasteiger partial charge < -0.3 is 19.3 Å². The number of anilines is 6. The van der Waals surface area contributed by atoms with Gasteiger partial charge in [-0.15, -0.1) is 0 Å². The van der Waals surface area contributed by atoms with Crippen LogP contribution < -0.4 is 35.7 Å². The molecule has 0 bridgehead atoms. The van der Waals surface area contributed by atoms with Gasteiger partial charge in [-0.1, -0.05) is 267 Å². The van der Waals surface area contributed by atoms with E-state index in [1.165, 1.54) is 0 Å². The van der Waals surface area contributed by atoms with E-state index >= 15 is 0 Å². The summed E-state index contributed by atoms with van der Waals surface area (Å²) in [6.07, 6.45) is 0. The maximum Gasteiger partial charge on any atom is 0.252 e. The molecular formula is C93H58BN5O2. The maximum atomic E-state index is 7.46. The molecule has 0 spiro atoms. The van der Waals surface area contributed by atoms with Gasteiger partial charge in [-0.2, -0.15) is 0 Å². The third-order valence-electron chi connectivity index (χ3n) is 20.2. The molecule has 0 N–H and O–H groups in total. The van der Waals surface area contributed by atoms with Crippen LogP contribution in [-0.4, -0.2) is 21.7 Å². The normalized spacial score (nSPS) is 12.5. The highest BCUT2D eigenvalue weighted by Crippen LogP contribution is 2.59. The smallest absolute Gasteiger partial charge is 0.252 e. The van der Waals surface area contributed by atoms with E-state index in [0.29, 0.717) is 17.5 Å². The zero-order valence-electron chi connectivity index (χ0n) is 54.6. The predicted molar refractivity (Wildman–Crippen MR) is 414 cm³/mol. The van der Waals surface area contributed by atoms with Crippen LogP contribution in [0.3, 0.4) is 0 Å². The molecule has 0 radical (unpaired) electrons. The van der Waals surface area contributed by atoms with Crippen LogP contribution in [0.2, 0.25) is 0 Å². The Bertz CT molecular complexity index is 5470. The molecule has 5 heterocycles. The van der Waals surface area contributed by atoms with Gasteiger partial charge in [0, 0.05) is 28.1 Å². The fraction of sp³-hybridized carbons (Fsp3) is 0. The zero-order chi connectivity index (χ0) is 66.5. The monoisotopic (exact) mass is 1290 g/mol. The highest BCUT2D eigenvalue weighted by molar-refractivity contribution is 7.00. The Kier molecular flexibility index (Phi) is 13.6. The molecule has 4 aliphatic rings. The zero-order valence-corrected chi connectivity index (χ0v) is 54.6. The van der Waals surface area contributed by atoms with E-state index < -0.39 is 0 Å². The highest BCUT2D eigenvalue weighted by Gasteiger charge is 2.49. The lowest BCUT2D eigenvalue weighted by atomic mass is 9.33. The van der Waals surface area contributed by atoms with Crippen molar-refractivity contribution in [1.82, 2.24) is 15.0 Å². The van der Waals surface area contributed by atoms with E-state index in [4.69, 9.17) is 24.4 Å². The van der Waals surface area contributed by atoms with Crippen molar-refractivity contribution < 1.29 is 9.47 Å². The van der Waals surface area contributed by atoms with E-state index in [9.17, 15) is 0 Å². The van der Waals surface area contributed by atoms with Crippen molar-refractivity contribution in [2.24, 2.45) is 0 Å². The second kappa shape index (κ2) is 23.7. The van der Waals surface area contributed by atoms with Crippen molar-refractivity contribution in [2.45, 2.75) is 0 Å². The summed E-state index contributed by atoms with van der Waals surface area (Å²) >= 11 is 0. The van der Waals surface area contributed by atoms with Crippen molar-refractivity contribution in [3.05, 3.63) is 352 Å². The SMILES string of the molecule is c1ccc(-c2cc(-c3ccccc3)cc(-c3nc(-c4cc(-c5ccccc5)cc(-c5ccccc5)c4)nc(-c4cc5c6c(c4)N4c7ccc(-c8ccccc8)cc7Oc7cc(-c8ccccc8)cc(c74)B6c4cc(-c6ccccc6)cc6c4N5c4ccc(-c5ccccc5)cc4O6)n3)c2)cc1. The van der Waals surface area contributed by atoms with Gasteiger partial charge in [-0.05, 0) is 190 Å². The summed E-state index contributed by atoms with van der Waals surface area (Å²) in [6.45, 7) is -0.336. The van der Waals surface area contributed by atoms with E-state index in [2.05, 4.69) is 362 Å². The van der Waals surface area contributed by atoms with Crippen molar-refractivity contribution in [2.75, 3.05) is 9.80 Å². The first-order chi connectivity index (χ1) is 50.0. The fourth-order valence-corrected chi connectivity index (χ4v) is 15.4. The quantitative estimate of drug-likeness (QED) is 0.120. The minimum atomic E-state index is -0.336. The molecule has 15 aromatic carbocycles. The molecule has 0 fully saturated rings. The summed E-state index contributed by atoms with van der Waals surface area (Å²) < 4.78 is 14.9. The summed E-state index contributed by atoms with van der Waals surface area (Å²) in [5.74, 6) is 4.58. The summed E-state index contributed by atoms with van der Waals surface area (Å²) in [5, 5.41) is 0. The number of nitrogens with zero attached hydrogens (tertiary/aromatic N) is 5. The number of fused-ring (bicyclic) bond motifs is 8. The molecule has 0 saturated heterocycles. The largest absolute Gasteiger partial charge is 0.453 e. The second-order valence-corrected chi connectivity index (χ2v) is 26.3. The number of hydrogen-bond donors (Lipinski definition) is 0. The van der Waals surface area contributed by atoms with E-state index in [-0.39, 0.29) is 6.71 Å². The van der Waals surface area contributed by atoms with Crippen molar-refractivity contribution in [3.8, 4) is 146 Å². The minimum Gasteiger partial charge on any atom is -0.453 e. The van der Waals surface area contributed by atoms with Crippen LogP contribution in [0.15, 0.2) is 352 Å². The van der Waals surface area contributed by atoms with Crippen LogP contribution in [0.25, 0.3) is 123 Å². The standard InChI is InChI=1S/C93H58BN5O2/c1-9-25-59(26-10-1)67-41-43-80-84(55-67)100-86-57-73(65-37-21-7-22-38-65)51-78-89(86)98(80)82-53-77(54-83-88(82)94(78)79-52-74(66-39-23-8-24-40-66)58-87-90(79)99(83)81-44-42-68(56-85(81)101-87)60-27-11-2-12-28-60)93-96-91(75-47-69(61-29-13-3-14-30-61)45-70(48-75)62-31-15-4-16-32-62)95-92(97-93)76-49-71(63-33-17-5-18-34-63)46-72(50-76)64-35-19-6-20-36-64/h1-58H. The third kappa shape index (κ3) is 10.0. The number of hydrogen-bond acceptors (Lipinski definition) is 7. The highest BCUT2D eigenvalue weighted by atomic mass is 16.5. The van der Waals surface area contributed by atoms with Gasteiger partial charge in [0.15, 0.2) is 40.5 Å². The fourth-order valence-electron chi connectivity index (χ4n) is 15.4. The average Bonchev–Trinajstić information content (AvgIpc) is 0.678. The first-order valence-electron chi connectivity index (χ1n) is 34.3. The molecule has 1 aromatic heterocycles. The number of benzene rings is 15. The van der Waals surface area contributed by atoms with E-state index in [1.807, 2.05) is 0 Å². The van der Waals surface area contributed by atoms with Gasteiger partial charge in [0.2, 0.25) is 0 Å². The minimum absolute atomic E-state index is 0.336. The molecule has 0 aliphatic carbocycles. The summed E-state index contributed by atoms with van der Waals surface area (Å²) in [5.41, 5.74) is 28.7. The Morgan fingerprint density at radius 1 is 0.198 bits per heavy atom. The van der Waals surface area contributed by atoms with Gasteiger partial charge >= 0.3 is 0 Å². The Hall–Kier alpha value is -13.4. The molecule has 16 aromatic rings. The molecule has 101 heavy (non-hydrogen) atoms. The average molecular weight is 1290 g/mol. The Morgan fingerprint density at radius 3 is 0.743 bits per heavy atom. The molecule has 0 amide bonds. The van der Waals surface area contributed by atoms with Crippen LogP contribution in [0.4, 0.5) is 34.1 Å². The van der Waals surface area contributed by atoms with Crippen molar-refractivity contribution in [1.29, 1.82) is 0 Å². The topological polar surface area (TPSA) is 63.6 Å². The van der Waals surface area contributed by atoms with Crippen LogP contribution in [0.1, 0.15) is 0 Å².